The highest BCUT2D eigenvalue weighted by molar-refractivity contribution is 7.99. The Labute approximate surface area is 190 Å². The van der Waals surface area contributed by atoms with E-state index in [2.05, 4.69) is 20.4 Å². The molecule has 1 aliphatic heterocycles. The molecule has 0 atom stereocenters. The van der Waals surface area contributed by atoms with Crippen LogP contribution in [0.3, 0.4) is 0 Å². The molecule has 1 aromatic heterocycles. The van der Waals surface area contributed by atoms with E-state index in [1.165, 1.54) is 22.3 Å². The van der Waals surface area contributed by atoms with Gasteiger partial charge in [0.1, 0.15) is 0 Å². The maximum absolute atomic E-state index is 12.6. The number of carbonyl (C=O) groups excluding carboxylic acids is 1. The average molecular weight is 474 g/mol. The maximum atomic E-state index is 12.6. The first kappa shape index (κ1) is 22.3. The van der Waals surface area contributed by atoms with Gasteiger partial charge in [0.15, 0.2) is 0 Å². The van der Waals surface area contributed by atoms with Gasteiger partial charge in [-0.3, -0.25) is 4.79 Å². The molecule has 1 amide bonds. The van der Waals surface area contributed by atoms with Crippen LogP contribution in [0.5, 0.6) is 0 Å². The number of sulfonamides is 1. The van der Waals surface area contributed by atoms with Crippen LogP contribution in [0.15, 0.2) is 64.2 Å². The first-order valence-corrected chi connectivity index (χ1v) is 12.8. The smallest absolute Gasteiger partial charge is 0.277 e. The van der Waals surface area contributed by atoms with Gasteiger partial charge in [0, 0.05) is 31.7 Å². The molecule has 1 fully saturated rings. The molecule has 168 valence electrons. The number of para-hydroxylation sites is 2. The van der Waals surface area contributed by atoms with Crippen LogP contribution < -0.4 is 10.2 Å². The van der Waals surface area contributed by atoms with Crippen molar-refractivity contribution in [3.63, 3.8) is 0 Å². The summed E-state index contributed by atoms with van der Waals surface area (Å²) in [6.45, 7) is 1.94. The van der Waals surface area contributed by atoms with Gasteiger partial charge in [-0.2, -0.15) is 4.31 Å². The van der Waals surface area contributed by atoms with Crippen molar-refractivity contribution in [2.45, 2.75) is 5.22 Å². The number of carbonyl (C=O) groups is 1. The van der Waals surface area contributed by atoms with Crippen LogP contribution in [0.1, 0.15) is 0 Å². The number of piperazine rings is 1. The minimum atomic E-state index is -3.20. The second-order valence-electron chi connectivity index (χ2n) is 7.24. The van der Waals surface area contributed by atoms with E-state index in [0.717, 1.165) is 11.3 Å². The molecular weight excluding hydrogens is 450 g/mol. The van der Waals surface area contributed by atoms with Crippen LogP contribution in [0, 0.1) is 0 Å². The maximum Gasteiger partial charge on any atom is 0.277 e. The van der Waals surface area contributed by atoms with Gasteiger partial charge in [0.2, 0.25) is 21.8 Å². The van der Waals surface area contributed by atoms with E-state index in [-0.39, 0.29) is 11.7 Å². The van der Waals surface area contributed by atoms with Crippen LogP contribution in [-0.4, -0.2) is 67.0 Å². The summed E-state index contributed by atoms with van der Waals surface area (Å²) in [4.78, 5) is 14.6. The van der Waals surface area contributed by atoms with E-state index in [1.54, 1.807) is 0 Å². The summed E-state index contributed by atoms with van der Waals surface area (Å²) < 4.78 is 30.6. The van der Waals surface area contributed by atoms with E-state index in [1.807, 2.05) is 54.6 Å². The molecule has 1 aliphatic rings. The largest absolute Gasteiger partial charge is 0.411 e. The Morgan fingerprint density at radius 2 is 1.72 bits per heavy atom. The van der Waals surface area contributed by atoms with Crippen LogP contribution in [0.4, 0.5) is 11.4 Å². The quantitative estimate of drug-likeness (QED) is 0.522. The predicted molar refractivity (Wildman–Crippen MR) is 124 cm³/mol. The van der Waals surface area contributed by atoms with Crippen LogP contribution in [0.25, 0.3) is 11.5 Å². The normalized spacial score (nSPS) is 15.0. The molecule has 0 bridgehead atoms. The molecular formula is C21H23N5O4S2. The Balaban J connectivity index is 1.35. The van der Waals surface area contributed by atoms with E-state index in [9.17, 15) is 13.2 Å². The molecule has 0 saturated carbocycles. The van der Waals surface area contributed by atoms with Gasteiger partial charge in [-0.05, 0) is 24.3 Å². The first-order valence-electron chi connectivity index (χ1n) is 10.0. The molecule has 2 heterocycles. The Bertz CT molecular complexity index is 1180. The molecule has 0 aliphatic carbocycles. The van der Waals surface area contributed by atoms with Crippen LogP contribution >= 0.6 is 11.8 Å². The van der Waals surface area contributed by atoms with Crippen molar-refractivity contribution < 1.29 is 17.6 Å². The van der Waals surface area contributed by atoms with Gasteiger partial charge in [0.25, 0.3) is 5.22 Å². The fourth-order valence-corrected chi connectivity index (χ4v) is 4.78. The van der Waals surface area contributed by atoms with Gasteiger partial charge in [0.05, 0.1) is 23.4 Å². The summed E-state index contributed by atoms with van der Waals surface area (Å²) in [5.41, 5.74) is 2.37. The summed E-state index contributed by atoms with van der Waals surface area (Å²) >= 11 is 1.17. The minimum absolute atomic E-state index is 0.118. The minimum Gasteiger partial charge on any atom is -0.411 e. The van der Waals surface area contributed by atoms with Gasteiger partial charge in [-0.15, -0.1) is 10.2 Å². The van der Waals surface area contributed by atoms with Crippen molar-refractivity contribution in [3.8, 4) is 11.5 Å². The third-order valence-electron chi connectivity index (χ3n) is 4.98. The number of amides is 1. The summed E-state index contributed by atoms with van der Waals surface area (Å²) in [5.74, 6) is 0.329. The zero-order valence-electron chi connectivity index (χ0n) is 17.5. The molecule has 3 aromatic rings. The third-order valence-corrected chi connectivity index (χ3v) is 7.10. The van der Waals surface area contributed by atoms with Crippen molar-refractivity contribution in [2.24, 2.45) is 0 Å². The molecule has 9 nitrogen and oxygen atoms in total. The van der Waals surface area contributed by atoms with Gasteiger partial charge in [-0.1, -0.05) is 42.1 Å². The number of benzene rings is 2. The number of nitrogens with one attached hydrogen (secondary N) is 1. The molecule has 1 saturated heterocycles. The van der Waals surface area contributed by atoms with Crippen molar-refractivity contribution in [1.29, 1.82) is 0 Å². The number of rotatable bonds is 7. The van der Waals surface area contributed by atoms with E-state index in [0.29, 0.717) is 43.0 Å². The molecule has 2 aromatic carbocycles. The summed E-state index contributed by atoms with van der Waals surface area (Å²) in [6.07, 6.45) is 1.22. The van der Waals surface area contributed by atoms with E-state index in [4.69, 9.17) is 4.42 Å². The van der Waals surface area contributed by atoms with Gasteiger partial charge < -0.3 is 14.6 Å². The van der Waals surface area contributed by atoms with E-state index < -0.39 is 10.0 Å². The highest BCUT2D eigenvalue weighted by atomic mass is 32.2. The Morgan fingerprint density at radius 3 is 2.44 bits per heavy atom. The molecule has 0 spiro atoms. The van der Waals surface area contributed by atoms with Crippen LogP contribution in [0.2, 0.25) is 0 Å². The molecule has 4 rings (SSSR count). The fourth-order valence-electron chi connectivity index (χ4n) is 3.39. The SMILES string of the molecule is CS(=O)(=O)N1CCN(c2ccccc2NC(=O)CSc2nnc(-c3ccccc3)o2)CC1. The lowest BCUT2D eigenvalue weighted by molar-refractivity contribution is -0.113. The third kappa shape index (κ3) is 5.47. The number of hydrogen-bond donors (Lipinski definition) is 1. The van der Waals surface area contributed by atoms with Gasteiger partial charge in [-0.25, -0.2) is 8.42 Å². The second-order valence-corrected chi connectivity index (χ2v) is 10.2. The Morgan fingerprint density at radius 1 is 1.03 bits per heavy atom. The highest BCUT2D eigenvalue weighted by Crippen LogP contribution is 2.28. The number of aromatic nitrogens is 2. The fraction of sp³-hybridized carbons (Fsp3) is 0.286. The number of hydrogen-bond acceptors (Lipinski definition) is 8. The monoisotopic (exact) mass is 473 g/mol. The number of anilines is 2. The second kappa shape index (κ2) is 9.72. The van der Waals surface area contributed by atoms with E-state index >= 15 is 0 Å². The molecule has 11 heteroatoms. The molecule has 1 N–H and O–H groups in total. The lowest BCUT2D eigenvalue weighted by atomic mass is 10.2. The van der Waals surface area contributed by atoms with Crippen molar-refractivity contribution >= 4 is 39.1 Å². The summed E-state index contributed by atoms with van der Waals surface area (Å²) in [6, 6.07) is 16.9. The summed E-state index contributed by atoms with van der Waals surface area (Å²) in [7, 11) is -3.20. The molecule has 0 radical (unpaired) electrons. The first-order chi connectivity index (χ1) is 15.4. The van der Waals surface area contributed by atoms with Gasteiger partial charge >= 0.3 is 0 Å². The Kier molecular flexibility index (Phi) is 6.77. The standard InChI is InChI=1S/C21H23N5O4S2/c1-32(28,29)26-13-11-25(12-14-26)18-10-6-5-9-17(18)22-19(27)15-31-21-24-23-20(30-21)16-7-3-2-4-8-16/h2-10H,11-15H2,1H3,(H,22,27). The average Bonchev–Trinajstić information content (AvgIpc) is 3.27. The molecule has 0 unspecified atom stereocenters. The number of thioether (sulfide) groups is 1. The Hall–Kier alpha value is -2.89. The zero-order valence-corrected chi connectivity index (χ0v) is 19.1. The highest BCUT2D eigenvalue weighted by Gasteiger charge is 2.24. The zero-order chi connectivity index (χ0) is 22.6. The number of nitrogens with zero attached hydrogens (tertiary/aromatic N) is 4. The lowest BCUT2D eigenvalue weighted by Gasteiger charge is -2.35. The summed E-state index contributed by atoms with van der Waals surface area (Å²) in [5, 5.41) is 11.3. The molecule has 32 heavy (non-hydrogen) atoms. The van der Waals surface area contributed by atoms with Crippen molar-refractivity contribution in [3.05, 3.63) is 54.6 Å². The van der Waals surface area contributed by atoms with Crippen LogP contribution in [-0.2, 0) is 14.8 Å². The topological polar surface area (TPSA) is 109 Å². The van der Waals surface area contributed by atoms with Crippen molar-refractivity contribution in [2.75, 3.05) is 48.4 Å². The van der Waals surface area contributed by atoms with Crippen molar-refractivity contribution in [1.82, 2.24) is 14.5 Å². The predicted octanol–water partition coefficient (Wildman–Crippen LogP) is 2.55. The lowest BCUT2D eigenvalue weighted by Crippen LogP contribution is -2.48.